The Morgan fingerprint density at radius 1 is 1.12 bits per heavy atom. The number of rotatable bonds is 7. The largest absolute Gasteiger partial charge is 0.489 e. The maximum absolute atomic E-state index is 12.7. The number of thioether (sulfide) groups is 1. The van der Waals surface area contributed by atoms with Gasteiger partial charge in [-0.25, -0.2) is 0 Å². The summed E-state index contributed by atoms with van der Waals surface area (Å²) in [5.74, 6) is -0.292. The van der Waals surface area contributed by atoms with Crippen LogP contribution in [-0.4, -0.2) is 64.6 Å². The molecule has 2 heterocycles. The van der Waals surface area contributed by atoms with E-state index in [1.807, 2.05) is 0 Å². The van der Waals surface area contributed by atoms with Crippen molar-refractivity contribution in [2.75, 3.05) is 32.8 Å². The zero-order valence-corrected chi connectivity index (χ0v) is 18.9. The van der Waals surface area contributed by atoms with Crippen molar-refractivity contribution in [2.24, 2.45) is 0 Å². The Morgan fingerprint density at radius 3 is 2.53 bits per heavy atom. The van der Waals surface area contributed by atoms with Crippen molar-refractivity contribution in [1.29, 1.82) is 0 Å². The lowest BCUT2D eigenvalue weighted by Crippen LogP contribution is -2.46. The third kappa shape index (κ3) is 5.43. The highest BCUT2D eigenvalue weighted by Crippen LogP contribution is 2.32. The molecule has 0 N–H and O–H groups in total. The number of amides is 3. The summed E-state index contributed by atoms with van der Waals surface area (Å²) in [6.07, 6.45) is 1.58. The average Bonchev–Trinajstić information content (AvgIpc) is 3.11. The summed E-state index contributed by atoms with van der Waals surface area (Å²) in [5.41, 5.74) is 1.11. The second-order valence-electron chi connectivity index (χ2n) is 7.50. The summed E-state index contributed by atoms with van der Waals surface area (Å²) in [4.78, 5) is 50.9. The first-order valence-corrected chi connectivity index (χ1v) is 11.3. The molecule has 3 amide bonds. The SMILES string of the molecule is O=C(CN1C(=O)S/C(=C\c2ccc(OCc3ccccc3[N+](=O)[O-])cc2)C1=O)N1CCOCC1. The average molecular weight is 484 g/mol. The van der Waals surface area contributed by atoms with E-state index in [0.29, 0.717) is 43.2 Å². The Labute approximate surface area is 199 Å². The third-order valence-electron chi connectivity index (χ3n) is 5.29. The van der Waals surface area contributed by atoms with Crippen molar-refractivity contribution in [3.63, 3.8) is 0 Å². The Morgan fingerprint density at radius 2 is 1.82 bits per heavy atom. The first-order valence-electron chi connectivity index (χ1n) is 10.5. The van der Waals surface area contributed by atoms with Crippen molar-refractivity contribution in [3.8, 4) is 5.75 Å². The molecule has 0 unspecified atom stereocenters. The summed E-state index contributed by atoms with van der Waals surface area (Å²) in [7, 11) is 0. The number of nitro groups is 1. The Kier molecular flexibility index (Phi) is 7.24. The molecule has 0 radical (unpaired) electrons. The monoisotopic (exact) mass is 483 g/mol. The van der Waals surface area contributed by atoms with Crippen LogP contribution in [-0.2, 0) is 20.9 Å². The van der Waals surface area contributed by atoms with Crippen molar-refractivity contribution >= 4 is 40.6 Å². The van der Waals surface area contributed by atoms with Crippen LogP contribution < -0.4 is 4.74 Å². The van der Waals surface area contributed by atoms with Crippen LogP contribution in [0, 0.1) is 10.1 Å². The fourth-order valence-electron chi connectivity index (χ4n) is 3.47. The number of para-hydroxylation sites is 1. The number of ether oxygens (including phenoxy) is 2. The molecule has 11 heteroatoms. The van der Waals surface area contributed by atoms with E-state index in [1.165, 1.54) is 6.07 Å². The summed E-state index contributed by atoms with van der Waals surface area (Å²) in [6, 6.07) is 13.1. The van der Waals surface area contributed by atoms with Gasteiger partial charge >= 0.3 is 0 Å². The fourth-order valence-corrected chi connectivity index (χ4v) is 4.31. The molecule has 2 saturated heterocycles. The van der Waals surface area contributed by atoms with Gasteiger partial charge in [0.1, 0.15) is 18.9 Å². The molecule has 0 saturated carbocycles. The van der Waals surface area contributed by atoms with E-state index in [0.717, 1.165) is 16.7 Å². The lowest BCUT2D eigenvalue weighted by molar-refractivity contribution is -0.385. The lowest BCUT2D eigenvalue weighted by atomic mass is 10.2. The van der Waals surface area contributed by atoms with Crippen LogP contribution in [0.4, 0.5) is 10.5 Å². The number of morpholine rings is 1. The molecule has 2 fully saturated rings. The molecule has 2 aromatic rings. The van der Waals surface area contributed by atoms with E-state index in [1.54, 1.807) is 53.4 Å². The van der Waals surface area contributed by atoms with Crippen LogP contribution in [0.1, 0.15) is 11.1 Å². The van der Waals surface area contributed by atoms with Crippen molar-refractivity contribution in [2.45, 2.75) is 6.61 Å². The molecule has 176 valence electrons. The minimum absolute atomic E-state index is 0.0121. The summed E-state index contributed by atoms with van der Waals surface area (Å²) in [5, 5.41) is 10.6. The number of hydrogen-bond donors (Lipinski definition) is 0. The minimum atomic E-state index is -0.506. The molecular formula is C23H21N3O7S. The molecule has 2 aliphatic rings. The molecule has 2 aromatic carbocycles. The van der Waals surface area contributed by atoms with E-state index >= 15 is 0 Å². The zero-order chi connectivity index (χ0) is 24.1. The van der Waals surface area contributed by atoms with Crippen molar-refractivity contribution in [3.05, 3.63) is 74.7 Å². The van der Waals surface area contributed by atoms with Gasteiger partial charge in [0.15, 0.2) is 0 Å². The molecule has 2 aliphatic heterocycles. The maximum atomic E-state index is 12.7. The molecule has 4 rings (SSSR count). The van der Waals surface area contributed by atoms with Gasteiger partial charge in [-0.05, 0) is 41.6 Å². The van der Waals surface area contributed by atoms with Gasteiger partial charge in [0, 0.05) is 19.2 Å². The first-order chi connectivity index (χ1) is 16.4. The smallest absolute Gasteiger partial charge is 0.294 e. The van der Waals surface area contributed by atoms with E-state index in [4.69, 9.17) is 9.47 Å². The summed E-state index contributed by atoms with van der Waals surface area (Å²) >= 11 is 0.789. The molecule has 34 heavy (non-hydrogen) atoms. The predicted molar refractivity (Wildman–Crippen MR) is 124 cm³/mol. The number of carbonyl (C=O) groups is 3. The molecule has 0 aromatic heterocycles. The highest BCUT2D eigenvalue weighted by Gasteiger charge is 2.37. The van der Waals surface area contributed by atoms with E-state index in [-0.39, 0.29) is 29.7 Å². The quantitative estimate of drug-likeness (QED) is 0.335. The second-order valence-corrected chi connectivity index (χ2v) is 8.50. The van der Waals surface area contributed by atoms with Gasteiger partial charge in [-0.2, -0.15) is 0 Å². The summed E-state index contributed by atoms with van der Waals surface area (Å²) in [6.45, 7) is 1.51. The lowest BCUT2D eigenvalue weighted by Gasteiger charge is -2.28. The maximum Gasteiger partial charge on any atom is 0.294 e. The number of benzene rings is 2. The second kappa shape index (κ2) is 10.5. The summed E-state index contributed by atoms with van der Waals surface area (Å²) < 4.78 is 10.9. The number of nitro benzene ring substituents is 1. The van der Waals surface area contributed by atoms with Crippen molar-refractivity contribution in [1.82, 2.24) is 9.80 Å². The Hall–Kier alpha value is -3.70. The number of carbonyl (C=O) groups excluding carboxylic acids is 3. The van der Waals surface area contributed by atoms with Gasteiger partial charge in [-0.3, -0.25) is 29.4 Å². The molecule has 0 bridgehead atoms. The van der Waals surface area contributed by atoms with Gasteiger partial charge in [-0.15, -0.1) is 0 Å². The highest BCUT2D eigenvalue weighted by atomic mass is 32.2. The van der Waals surface area contributed by atoms with Crippen LogP contribution in [0.2, 0.25) is 0 Å². The van der Waals surface area contributed by atoms with E-state index < -0.39 is 16.1 Å². The molecule has 0 atom stereocenters. The first kappa shape index (κ1) is 23.5. The number of hydrogen-bond acceptors (Lipinski definition) is 8. The fraction of sp³-hybridized carbons (Fsp3) is 0.261. The van der Waals surface area contributed by atoms with Crippen LogP contribution in [0.15, 0.2) is 53.4 Å². The number of nitrogens with zero attached hydrogens (tertiary/aromatic N) is 3. The topological polar surface area (TPSA) is 119 Å². The van der Waals surface area contributed by atoms with Gasteiger partial charge in [0.25, 0.3) is 16.8 Å². The minimum Gasteiger partial charge on any atom is -0.489 e. The normalized spacial score (nSPS) is 17.4. The Bertz CT molecular complexity index is 1140. The van der Waals surface area contributed by atoms with Crippen LogP contribution >= 0.6 is 11.8 Å². The zero-order valence-electron chi connectivity index (χ0n) is 18.0. The Balaban J connectivity index is 1.37. The van der Waals surface area contributed by atoms with E-state index in [2.05, 4.69) is 0 Å². The predicted octanol–water partition coefficient (Wildman–Crippen LogP) is 3.07. The number of imide groups is 1. The highest BCUT2D eigenvalue weighted by molar-refractivity contribution is 8.18. The third-order valence-corrected chi connectivity index (χ3v) is 6.20. The van der Waals surface area contributed by atoms with Gasteiger partial charge < -0.3 is 14.4 Å². The van der Waals surface area contributed by atoms with Crippen LogP contribution in [0.25, 0.3) is 6.08 Å². The van der Waals surface area contributed by atoms with Crippen molar-refractivity contribution < 1.29 is 28.8 Å². The molecule has 10 nitrogen and oxygen atoms in total. The van der Waals surface area contributed by atoms with Crippen LogP contribution in [0.5, 0.6) is 5.75 Å². The van der Waals surface area contributed by atoms with Crippen LogP contribution in [0.3, 0.4) is 0 Å². The van der Waals surface area contributed by atoms with E-state index in [9.17, 15) is 24.5 Å². The molecule has 0 spiro atoms. The molecule has 0 aliphatic carbocycles. The van der Waals surface area contributed by atoms with Gasteiger partial charge in [-0.1, -0.05) is 24.3 Å². The molecular weight excluding hydrogens is 462 g/mol. The van der Waals surface area contributed by atoms with Gasteiger partial charge in [0.2, 0.25) is 5.91 Å². The van der Waals surface area contributed by atoms with Gasteiger partial charge in [0.05, 0.1) is 28.6 Å². The standard InChI is InChI=1S/C23H21N3O7S/c27-21(24-9-11-32-12-10-24)14-25-22(28)20(34-23(25)29)13-16-5-7-18(8-6-16)33-15-17-3-1-2-4-19(17)26(30)31/h1-8,13H,9-12,14-15H2/b20-13-.